The molecule has 16 heavy (non-hydrogen) atoms. The summed E-state index contributed by atoms with van der Waals surface area (Å²) in [6, 6.07) is 4.42. The number of nitrogens with two attached hydrogens (primary N) is 1. The quantitative estimate of drug-likeness (QED) is 0.757. The summed E-state index contributed by atoms with van der Waals surface area (Å²) in [6.07, 6.45) is -1.25. The second-order valence-electron chi connectivity index (χ2n) is 3.21. The molecule has 1 unspecified atom stereocenters. The number of hydrogen-bond donors (Lipinski definition) is 3. The van der Waals surface area contributed by atoms with Crippen LogP contribution < -0.4 is 11.1 Å². The van der Waals surface area contributed by atoms with Crippen molar-refractivity contribution in [3.63, 3.8) is 0 Å². The van der Waals surface area contributed by atoms with Crippen LogP contribution in [0.2, 0.25) is 0 Å². The zero-order valence-corrected chi connectivity index (χ0v) is 10.00. The Bertz CT molecular complexity index is 387. The van der Waals surface area contributed by atoms with Crippen LogP contribution in [0.25, 0.3) is 0 Å². The second-order valence-corrected chi connectivity index (χ2v) is 4.12. The average Bonchev–Trinajstić information content (AvgIpc) is 2.28. The minimum absolute atomic E-state index is 0.0150. The van der Waals surface area contributed by atoms with Gasteiger partial charge in [0.2, 0.25) is 5.91 Å². The normalized spacial score (nSPS) is 12.2. The van der Waals surface area contributed by atoms with E-state index in [1.54, 1.807) is 12.1 Å². The first-order valence-electron chi connectivity index (χ1n) is 4.64. The van der Waals surface area contributed by atoms with Crippen LogP contribution in [0, 0.1) is 5.82 Å². The van der Waals surface area contributed by atoms with Gasteiger partial charge in [-0.15, -0.1) is 0 Å². The van der Waals surface area contributed by atoms with Crippen molar-refractivity contribution in [2.24, 2.45) is 5.73 Å². The summed E-state index contributed by atoms with van der Waals surface area (Å²) in [5.74, 6) is -1.02. The minimum Gasteiger partial charge on any atom is -0.382 e. The molecule has 1 rings (SSSR count). The molecule has 1 aromatic carbocycles. The maximum absolute atomic E-state index is 13.2. The number of halogens is 2. The van der Waals surface area contributed by atoms with Gasteiger partial charge < -0.3 is 16.2 Å². The molecule has 1 atom stereocenters. The van der Waals surface area contributed by atoms with Gasteiger partial charge >= 0.3 is 0 Å². The summed E-state index contributed by atoms with van der Waals surface area (Å²) in [5.41, 5.74) is 5.44. The number of nitrogens with one attached hydrogen (secondary N) is 1. The molecule has 0 radical (unpaired) electrons. The highest BCUT2D eigenvalue weighted by Crippen LogP contribution is 2.15. The van der Waals surface area contributed by atoms with E-state index in [9.17, 15) is 9.18 Å². The van der Waals surface area contributed by atoms with Crippen LogP contribution in [0.3, 0.4) is 0 Å². The summed E-state index contributed by atoms with van der Waals surface area (Å²) >= 11 is 3.20. The zero-order chi connectivity index (χ0) is 12.1. The first-order valence-corrected chi connectivity index (χ1v) is 5.43. The van der Waals surface area contributed by atoms with Crippen molar-refractivity contribution >= 4 is 21.8 Å². The molecule has 1 aromatic rings. The summed E-state index contributed by atoms with van der Waals surface area (Å²) in [7, 11) is 0. The number of amides is 1. The van der Waals surface area contributed by atoms with Crippen molar-refractivity contribution < 1.29 is 14.3 Å². The molecule has 1 amide bonds. The molecule has 0 bridgehead atoms. The molecule has 4 nitrogen and oxygen atoms in total. The first kappa shape index (κ1) is 13.1. The Morgan fingerprint density at radius 1 is 1.62 bits per heavy atom. The smallest absolute Gasteiger partial charge is 0.250 e. The van der Waals surface area contributed by atoms with Crippen LogP contribution in [0.1, 0.15) is 5.56 Å². The van der Waals surface area contributed by atoms with Gasteiger partial charge in [0.25, 0.3) is 0 Å². The number of rotatable bonds is 4. The molecule has 0 aromatic heterocycles. The van der Waals surface area contributed by atoms with Gasteiger partial charge in [0, 0.05) is 23.1 Å². The molecule has 0 aliphatic rings. The van der Waals surface area contributed by atoms with E-state index in [0.717, 1.165) is 4.47 Å². The van der Waals surface area contributed by atoms with Gasteiger partial charge in [-0.1, -0.05) is 15.9 Å². The van der Waals surface area contributed by atoms with Crippen molar-refractivity contribution in [1.29, 1.82) is 0 Å². The molecule has 0 aliphatic heterocycles. The van der Waals surface area contributed by atoms with Crippen LogP contribution in [-0.2, 0) is 11.3 Å². The Hall–Kier alpha value is -0.980. The summed E-state index contributed by atoms with van der Waals surface area (Å²) in [6.45, 7) is -0.145. The van der Waals surface area contributed by atoms with E-state index < -0.39 is 17.8 Å². The van der Waals surface area contributed by atoms with E-state index in [4.69, 9.17) is 10.8 Å². The average molecular weight is 291 g/mol. The summed E-state index contributed by atoms with van der Waals surface area (Å²) in [4.78, 5) is 11.2. The van der Waals surface area contributed by atoms with Gasteiger partial charge in [-0.3, -0.25) is 4.79 Å². The number of aliphatic hydroxyl groups excluding tert-OH is 1. The maximum Gasteiger partial charge on any atom is 0.250 e. The van der Waals surface area contributed by atoms with E-state index in [1.807, 2.05) is 0 Å². The Labute approximate surface area is 101 Å². The SMILES string of the molecule is NCC(O)C(=O)NCc1cc(Br)ccc1F. The molecule has 88 valence electrons. The highest BCUT2D eigenvalue weighted by atomic mass is 79.9. The topological polar surface area (TPSA) is 75.3 Å². The second kappa shape index (κ2) is 5.93. The van der Waals surface area contributed by atoms with Crippen LogP contribution >= 0.6 is 15.9 Å². The molecular formula is C10H12BrFN2O2. The number of hydrogen-bond acceptors (Lipinski definition) is 3. The zero-order valence-electron chi connectivity index (χ0n) is 8.41. The fourth-order valence-corrected chi connectivity index (χ4v) is 1.49. The Kier molecular flexibility index (Phi) is 4.85. The third-order valence-electron chi connectivity index (χ3n) is 1.99. The number of benzene rings is 1. The van der Waals surface area contributed by atoms with Gasteiger partial charge in [-0.2, -0.15) is 0 Å². The molecule has 0 saturated carbocycles. The number of aliphatic hydroxyl groups is 1. The van der Waals surface area contributed by atoms with Gasteiger partial charge in [-0.05, 0) is 18.2 Å². The Morgan fingerprint density at radius 3 is 2.94 bits per heavy atom. The number of carbonyl (C=O) groups excluding carboxylic acids is 1. The van der Waals surface area contributed by atoms with E-state index in [1.165, 1.54) is 6.07 Å². The highest BCUT2D eigenvalue weighted by Gasteiger charge is 2.12. The first-order chi connectivity index (χ1) is 7.54. The van der Waals surface area contributed by atoms with Gasteiger partial charge in [0.1, 0.15) is 11.9 Å². The molecule has 0 spiro atoms. The lowest BCUT2D eigenvalue weighted by atomic mass is 10.2. The van der Waals surface area contributed by atoms with Crippen LogP contribution in [0.15, 0.2) is 22.7 Å². The van der Waals surface area contributed by atoms with Crippen molar-refractivity contribution in [1.82, 2.24) is 5.32 Å². The summed E-state index contributed by atoms with van der Waals surface area (Å²) < 4.78 is 14.0. The van der Waals surface area contributed by atoms with E-state index in [2.05, 4.69) is 21.2 Å². The molecular weight excluding hydrogens is 279 g/mol. The fraction of sp³-hybridized carbons (Fsp3) is 0.300. The molecule has 4 N–H and O–H groups in total. The third kappa shape index (κ3) is 3.55. The molecule has 0 fully saturated rings. The maximum atomic E-state index is 13.2. The molecule has 0 saturated heterocycles. The van der Waals surface area contributed by atoms with Gasteiger partial charge in [0.05, 0.1) is 0 Å². The van der Waals surface area contributed by atoms with Crippen molar-refractivity contribution in [3.05, 3.63) is 34.1 Å². The van der Waals surface area contributed by atoms with Crippen LogP contribution in [0.5, 0.6) is 0 Å². The van der Waals surface area contributed by atoms with Crippen LogP contribution in [-0.4, -0.2) is 23.7 Å². The van der Waals surface area contributed by atoms with E-state index in [-0.39, 0.29) is 13.1 Å². The fourth-order valence-electron chi connectivity index (χ4n) is 1.09. The Morgan fingerprint density at radius 2 is 2.31 bits per heavy atom. The lowest BCUT2D eigenvalue weighted by Crippen LogP contribution is -2.38. The lowest BCUT2D eigenvalue weighted by molar-refractivity contribution is -0.128. The van der Waals surface area contributed by atoms with E-state index >= 15 is 0 Å². The minimum atomic E-state index is -1.25. The molecule has 6 heteroatoms. The standard InChI is InChI=1S/C10H12BrFN2O2/c11-7-1-2-8(12)6(3-7)5-14-10(16)9(15)4-13/h1-3,9,15H,4-5,13H2,(H,14,16). The Balaban J connectivity index is 2.61. The predicted molar refractivity (Wildman–Crippen MR) is 61.0 cm³/mol. The number of carbonyl (C=O) groups is 1. The third-order valence-corrected chi connectivity index (χ3v) is 2.48. The van der Waals surface area contributed by atoms with Crippen LogP contribution in [0.4, 0.5) is 4.39 Å². The highest BCUT2D eigenvalue weighted by molar-refractivity contribution is 9.10. The monoisotopic (exact) mass is 290 g/mol. The van der Waals surface area contributed by atoms with Crippen molar-refractivity contribution in [3.8, 4) is 0 Å². The van der Waals surface area contributed by atoms with Crippen molar-refractivity contribution in [2.45, 2.75) is 12.6 Å². The van der Waals surface area contributed by atoms with E-state index in [0.29, 0.717) is 5.56 Å². The lowest BCUT2D eigenvalue weighted by Gasteiger charge is -2.09. The van der Waals surface area contributed by atoms with Gasteiger partial charge in [0.15, 0.2) is 0 Å². The van der Waals surface area contributed by atoms with Gasteiger partial charge in [-0.25, -0.2) is 4.39 Å². The predicted octanol–water partition coefficient (Wildman–Crippen LogP) is 0.524. The largest absolute Gasteiger partial charge is 0.382 e. The summed E-state index contributed by atoms with van der Waals surface area (Å²) in [5, 5.41) is 11.5. The molecule has 0 heterocycles. The van der Waals surface area contributed by atoms with Crippen molar-refractivity contribution in [2.75, 3.05) is 6.54 Å². The molecule has 0 aliphatic carbocycles.